The number of imide groups is 2. The van der Waals surface area contributed by atoms with Crippen LogP contribution in [0, 0.1) is 29.1 Å². The summed E-state index contributed by atoms with van der Waals surface area (Å²) in [6.45, 7) is 1.47. The molecule has 6 rings (SSSR count). The van der Waals surface area contributed by atoms with E-state index in [-0.39, 0.29) is 56.0 Å². The van der Waals surface area contributed by atoms with Crippen molar-refractivity contribution in [3.8, 4) is 0 Å². The van der Waals surface area contributed by atoms with Gasteiger partial charge in [0.25, 0.3) is 0 Å². The van der Waals surface area contributed by atoms with E-state index < -0.39 is 41.0 Å². The molecule has 2 aliphatic carbocycles. The van der Waals surface area contributed by atoms with Gasteiger partial charge in [-0.05, 0) is 56.4 Å². The van der Waals surface area contributed by atoms with Crippen LogP contribution in [-0.2, 0) is 30.6 Å². The monoisotopic (exact) mass is 546 g/mol. The maximum Gasteiger partial charge on any atom is 0.303 e. The number of amides is 4. The molecular formula is C30H30N2O8. The predicted molar refractivity (Wildman–Crippen MR) is 139 cm³/mol. The van der Waals surface area contributed by atoms with E-state index in [4.69, 9.17) is 9.52 Å². The molecule has 2 saturated heterocycles. The summed E-state index contributed by atoms with van der Waals surface area (Å²) in [5, 5.41) is 18.7. The molecule has 4 aliphatic rings. The number of benzene rings is 1. The number of aliphatic hydroxyl groups excluding tert-OH is 1. The Morgan fingerprint density at radius 1 is 1.02 bits per heavy atom. The largest absolute Gasteiger partial charge is 0.481 e. The SMILES string of the molecule is CC12C(=O)N(c3ccccc3)C(=O)C1CC1C(=CCC3C(=O)N(CCCC(=O)O)C(=O)C31)C2c1ccc(CO)o1. The minimum atomic E-state index is -1.21. The number of carboxylic acids is 1. The van der Waals surface area contributed by atoms with Crippen LogP contribution in [-0.4, -0.2) is 51.3 Å². The Balaban J connectivity index is 1.43. The Morgan fingerprint density at radius 3 is 2.45 bits per heavy atom. The van der Waals surface area contributed by atoms with Gasteiger partial charge >= 0.3 is 5.97 Å². The molecule has 6 atom stereocenters. The minimum Gasteiger partial charge on any atom is -0.481 e. The Bertz CT molecular complexity index is 1440. The molecule has 0 radical (unpaired) electrons. The first-order chi connectivity index (χ1) is 19.2. The lowest BCUT2D eigenvalue weighted by atomic mass is 9.52. The zero-order valence-corrected chi connectivity index (χ0v) is 22.0. The zero-order valence-electron chi connectivity index (χ0n) is 22.0. The van der Waals surface area contributed by atoms with Crippen LogP contribution < -0.4 is 4.90 Å². The second-order valence-corrected chi connectivity index (χ2v) is 11.3. The van der Waals surface area contributed by atoms with Crippen molar-refractivity contribution >= 4 is 35.3 Å². The summed E-state index contributed by atoms with van der Waals surface area (Å²) in [5.41, 5.74) is 0.0526. The van der Waals surface area contributed by atoms with E-state index >= 15 is 0 Å². The third-order valence-electron chi connectivity index (χ3n) is 9.28. The Kier molecular flexibility index (Phi) is 6.25. The highest BCUT2D eigenvalue weighted by Crippen LogP contribution is 2.63. The van der Waals surface area contributed by atoms with Crippen LogP contribution in [0.25, 0.3) is 0 Å². The molecule has 1 saturated carbocycles. The topological polar surface area (TPSA) is 145 Å². The maximum atomic E-state index is 14.2. The van der Waals surface area contributed by atoms with Crippen LogP contribution in [0.5, 0.6) is 0 Å². The molecule has 3 fully saturated rings. The molecule has 1 aromatic heterocycles. The molecule has 4 amide bonds. The van der Waals surface area contributed by atoms with Gasteiger partial charge in [0.05, 0.1) is 34.8 Å². The molecule has 10 heteroatoms. The fourth-order valence-electron chi connectivity index (χ4n) is 7.45. The highest BCUT2D eigenvalue weighted by molar-refractivity contribution is 6.24. The number of carboxylic acid groups (broad SMARTS) is 1. The Morgan fingerprint density at radius 2 is 1.77 bits per heavy atom. The number of rotatable bonds is 7. The van der Waals surface area contributed by atoms with Gasteiger partial charge in [0, 0.05) is 13.0 Å². The number of anilines is 1. The lowest BCUT2D eigenvalue weighted by molar-refractivity contribution is -0.142. The molecule has 6 unspecified atom stereocenters. The van der Waals surface area contributed by atoms with Crippen molar-refractivity contribution in [2.45, 2.75) is 45.1 Å². The minimum absolute atomic E-state index is 0.0286. The van der Waals surface area contributed by atoms with Gasteiger partial charge in [0.1, 0.15) is 18.1 Å². The number of nitrogens with zero attached hydrogens (tertiary/aromatic N) is 2. The number of aliphatic hydroxyl groups is 1. The zero-order chi connectivity index (χ0) is 28.3. The van der Waals surface area contributed by atoms with Crippen molar-refractivity contribution in [1.29, 1.82) is 0 Å². The lowest BCUT2D eigenvalue weighted by Gasteiger charge is -2.48. The number of furan rings is 1. The van der Waals surface area contributed by atoms with Gasteiger partial charge in [-0.1, -0.05) is 29.8 Å². The van der Waals surface area contributed by atoms with Gasteiger partial charge in [0.2, 0.25) is 23.6 Å². The standard InChI is InChI=1S/C30H30N2O8/c1-30-21(27(37)32(29(30)39)16-6-3-2-4-7-16)14-20-18(25(30)22-12-9-17(15-33)40-22)10-11-19-24(20)28(38)31(26(19)36)13-5-8-23(34)35/h2-4,6-7,9-10,12,19-21,24-25,33H,5,8,11,13-15H2,1H3,(H,34,35). The first-order valence-corrected chi connectivity index (χ1v) is 13.6. The van der Waals surface area contributed by atoms with Crippen molar-refractivity contribution in [3.63, 3.8) is 0 Å². The first kappa shape index (κ1) is 26.2. The summed E-state index contributed by atoms with van der Waals surface area (Å²) in [4.78, 5) is 68.5. The normalized spacial score (nSPS) is 31.2. The predicted octanol–water partition coefficient (Wildman–Crippen LogP) is 2.87. The van der Waals surface area contributed by atoms with E-state index in [0.29, 0.717) is 23.6 Å². The van der Waals surface area contributed by atoms with Gasteiger partial charge in [-0.25, -0.2) is 4.90 Å². The maximum absolute atomic E-state index is 14.2. The van der Waals surface area contributed by atoms with Crippen molar-refractivity contribution in [2.75, 3.05) is 11.4 Å². The summed E-state index contributed by atoms with van der Waals surface area (Å²) >= 11 is 0. The van der Waals surface area contributed by atoms with Crippen LogP contribution in [0.3, 0.4) is 0 Å². The number of hydrogen-bond donors (Lipinski definition) is 2. The number of fused-ring (bicyclic) bond motifs is 4. The highest BCUT2D eigenvalue weighted by Gasteiger charge is 2.68. The number of carbonyl (C=O) groups is 5. The molecule has 0 bridgehead atoms. The summed E-state index contributed by atoms with van der Waals surface area (Å²) in [5.74, 6) is -4.85. The average Bonchev–Trinajstić information content (AvgIpc) is 3.56. The number of para-hydroxylation sites is 1. The van der Waals surface area contributed by atoms with E-state index in [0.717, 1.165) is 5.57 Å². The van der Waals surface area contributed by atoms with Crippen molar-refractivity contribution in [3.05, 3.63) is 65.6 Å². The Labute approximate surface area is 230 Å². The molecule has 10 nitrogen and oxygen atoms in total. The molecule has 40 heavy (non-hydrogen) atoms. The van der Waals surface area contributed by atoms with Crippen molar-refractivity contribution < 1.29 is 38.6 Å². The van der Waals surface area contributed by atoms with E-state index in [2.05, 4.69) is 0 Å². The molecule has 2 N–H and O–H groups in total. The quantitative estimate of drug-likeness (QED) is 0.398. The lowest BCUT2D eigenvalue weighted by Crippen LogP contribution is -2.48. The fraction of sp³-hybridized carbons (Fsp3) is 0.433. The first-order valence-electron chi connectivity index (χ1n) is 13.6. The highest BCUT2D eigenvalue weighted by atomic mass is 16.4. The summed E-state index contributed by atoms with van der Waals surface area (Å²) < 4.78 is 5.98. The van der Waals surface area contributed by atoms with Gasteiger partial charge in [-0.3, -0.25) is 28.9 Å². The Hall–Kier alpha value is -4.05. The van der Waals surface area contributed by atoms with Crippen molar-refractivity contribution in [2.24, 2.45) is 29.1 Å². The number of aliphatic carboxylic acids is 1. The molecule has 0 spiro atoms. The van der Waals surface area contributed by atoms with Gasteiger partial charge in [-0.2, -0.15) is 0 Å². The molecule has 208 valence electrons. The number of carbonyl (C=O) groups excluding carboxylic acids is 4. The average molecular weight is 547 g/mol. The second-order valence-electron chi connectivity index (χ2n) is 11.3. The third kappa shape index (κ3) is 3.69. The molecule has 2 aliphatic heterocycles. The van der Waals surface area contributed by atoms with Gasteiger partial charge < -0.3 is 14.6 Å². The van der Waals surface area contributed by atoms with E-state index in [9.17, 15) is 29.1 Å². The molecular weight excluding hydrogens is 516 g/mol. The smallest absolute Gasteiger partial charge is 0.303 e. The molecule has 1 aromatic carbocycles. The number of likely N-dealkylation sites (tertiary alicyclic amines) is 1. The van der Waals surface area contributed by atoms with Gasteiger partial charge in [-0.15, -0.1) is 0 Å². The second kappa shape index (κ2) is 9.55. The van der Waals surface area contributed by atoms with Gasteiger partial charge in [0.15, 0.2) is 0 Å². The van der Waals surface area contributed by atoms with Crippen molar-refractivity contribution in [1.82, 2.24) is 4.90 Å². The summed E-state index contributed by atoms with van der Waals surface area (Å²) in [7, 11) is 0. The number of hydrogen-bond acceptors (Lipinski definition) is 7. The summed E-state index contributed by atoms with van der Waals surface area (Å²) in [6.07, 6.45) is 2.46. The van der Waals surface area contributed by atoms with Crippen LogP contribution in [0.1, 0.15) is 50.0 Å². The third-order valence-corrected chi connectivity index (χ3v) is 9.28. The van der Waals surface area contributed by atoms with Crippen LogP contribution >= 0.6 is 0 Å². The summed E-state index contributed by atoms with van der Waals surface area (Å²) in [6, 6.07) is 12.1. The van der Waals surface area contributed by atoms with Crippen LogP contribution in [0.15, 0.2) is 58.5 Å². The fourth-order valence-corrected chi connectivity index (χ4v) is 7.45. The number of allylic oxidation sites excluding steroid dienone is 2. The van der Waals surface area contributed by atoms with E-state index in [1.807, 2.05) is 6.08 Å². The van der Waals surface area contributed by atoms with Crippen LogP contribution in [0.2, 0.25) is 0 Å². The van der Waals surface area contributed by atoms with E-state index in [1.165, 1.54) is 9.80 Å². The van der Waals surface area contributed by atoms with Crippen LogP contribution in [0.4, 0.5) is 5.69 Å². The van der Waals surface area contributed by atoms with E-state index in [1.54, 1.807) is 49.4 Å². The molecule has 3 heterocycles. The molecule has 2 aromatic rings.